The second kappa shape index (κ2) is 8.80. The summed E-state index contributed by atoms with van der Waals surface area (Å²) in [4.78, 5) is 35.3. The van der Waals surface area contributed by atoms with Gasteiger partial charge in [0.2, 0.25) is 0 Å². The van der Waals surface area contributed by atoms with Crippen molar-refractivity contribution in [2.75, 3.05) is 11.9 Å². The molecular weight excluding hydrogens is 454 g/mol. The molecule has 2 aliphatic rings. The zero-order chi connectivity index (χ0) is 22.9. The Bertz CT molecular complexity index is 1320. The average Bonchev–Trinajstić information content (AvgIpc) is 3.32. The molecule has 164 valence electrons. The Kier molecular flexibility index (Phi) is 5.70. The normalized spacial score (nSPS) is 18.8. The number of benzene rings is 3. The average molecular weight is 474 g/mol. The lowest BCUT2D eigenvalue weighted by atomic mass is 10.2. The van der Waals surface area contributed by atoms with Gasteiger partial charge in [0.05, 0.1) is 28.5 Å². The summed E-state index contributed by atoms with van der Waals surface area (Å²) in [5, 5.41) is 10.9. The maximum atomic E-state index is 13.6. The van der Waals surface area contributed by atoms with Gasteiger partial charge < -0.3 is 10.0 Å². The van der Waals surface area contributed by atoms with Crippen molar-refractivity contribution in [3.05, 3.63) is 99.9 Å². The van der Waals surface area contributed by atoms with Gasteiger partial charge in [-0.1, -0.05) is 66.4 Å². The van der Waals surface area contributed by atoms with E-state index in [2.05, 4.69) is 4.99 Å². The number of hydrogen-bond acceptors (Lipinski definition) is 6. The SMILES string of the molecule is CN1C(=C2SC(=Nc3ccccc3C(=O)O)N(Cc3ccccc3)C2=O)Sc2ccccc21. The Morgan fingerprint density at radius 1 is 0.939 bits per heavy atom. The second-order valence-electron chi connectivity index (χ2n) is 7.46. The van der Waals surface area contributed by atoms with Gasteiger partial charge in [0, 0.05) is 11.9 Å². The first-order valence-corrected chi connectivity index (χ1v) is 11.9. The second-order valence-corrected chi connectivity index (χ2v) is 9.47. The van der Waals surface area contributed by atoms with Crippen LogP contribution < -0.4 is 4.90 Å². The molecule has 0 bridgehead atoms. The number of aliphatic imine (C=N–C) groups is 1. The number of thioether (sulfide) groups is 2. The van der Waals surface area contributed by atoms with Gasteiger partial charge in [-0.2, -0.15) is 0 Å². The van der Waals surface area contributed by atoms with Gasteiger partial charge in [0.15, 0.2) is 5.17 Å². The van der Waals surface area contributed by atoms with Crippen LogP contribution in [0.5, 0.6) is 0 Å². The molecule has 0 radical (unpaired) electrons. The van der Waals surface area contributed by atoms with Crippen molar-refractivity contribution in [1.29, 1.82) is 0 Å². The lowest BCUT2D eigenvalue weighted by molar-refractivity contribution is -0.122. The van der Waals surface area contributed by atoms with Crippen LogP contribution in [0.4, 0.5) is 11.4 Å². The number of para-hydroxylation sites is 2. The molecule has 1 fully saturated rings. The zero-order valence-corrected chi connectivity index (χ0v) is 19.3. The molecule has 5 rings (SSSR count). The summed E-state index contributed by atoms with van der Waals surface area (Å²) in [5.74, 6) is -1.20. The number of amides is 1. The van der Waals surface area contributed by atoms with Crippen molar-refractivity contribution in [3.8, 4) is 0 Å². The molecule has 1 amide bonds. The number of carbonyl (C=O) groups is 2. The molecule has 0 aromatic heterocycles. The number of rotatable bonds is 4. The maximum Gasteiger partial charge on any atom is 0.337 e. The zero-order valence-electron chi connectivity index (χ0n) is 17.6. The largest absolute Gasteiger partial charge is 0.478 e. The third-order valence-electron chi connectivity index (χ3n) is 5.33. The number of carbonyl (C=O) groups excluding carboxylic acids is 1. The smallest absolute Gasteiger partial charge is 0.337 e. The molecule has 0 aliphatic carbocycles. The van der Waals surface area contributed by atoms with E-state index in [9.17, 15) is 14.7 Å². The highest BCUT2D eigenvalue weighted by atomic mass is 32.2. The van der Waals surface area contributed by atoms with Crippen LogP contribution in [-0.4, -0.2) is 34.1 Å². The Hall–Kier alpha value is -3.49. The van der Waals surface area contributed by atoms with Crippen molar-refractivity contribution in [2.45, 2.75) is 11.4 Å². The van der Waals surface area contributed by atoms with Crippen molar-refractivity contribution in [1.82, 2.24) is 4.90 Å². The van der Waals surface area contributed by atoms with Gasteiger partial charge in [-0.05, 0) is 41.6 Å². The molecule has 1 N–H and O–H groups in total. The van der Waals surface area contributed by atoms with Crippen LogP contribution >= 0.6 is 23.5 Å². The van der Waals surface area contributed by atoms with E-state index < -0.39 is 5.97 Å². The lowest BCUT2D eigenvalue weighted by Crippen LogP contribution is -2.29. The lowest BCUT2D eigenvalue weighted by Gasteiger charge is -2.17. The Balaban J connectivity index is 1.59. The Labute approximate surface area is 199 Å². The van der Waals surface area contributed by atoms with Crippen LogP contribution in [0.25, 0.3) is 0 Å². The van der Waals surface area contributed by atoms with Crippen LogP contribution in [0, 0.1) is 0 Å². The summed E-state index contributed by atoms with van der Waals surface area (Å²) in [6.07, 6.45) is 0. The van der Waals surface area contributed by atoms with E-state index >= 15 is 0 Å². The fraction of sp³-hybridized carbons (Fsp3) is 0.0800. The van der Waals surface area contributed by atoms with Gasteiger partial charge >= 0.3 is 5.97 Å². The minimum Gasteiger partial charge on any atom is -0.478 e. The minimum absolute atomic E-state index is 0.0959. The van der Waals surface area contributed by atoms with E-state index in [0.29, 0.717) is 22.3 Å². The molecule has 3 aromatic carbocycles. The van der Waals surface area contributed by atoms with Crippen molar-refractivity contribution >= 4 is 51.9 Å². The Morgan fingerprint density at radius 2 is 1.64 bits per heavy atom. The minimum atomic E-state index is -1.06. The van der Waals surface area contributed by atoms with E-state index in [-0.39, 0.29) is 11.5 Å². The Morgan fingerprint density at radius 3 is 2.39 bits per heavy atom. The monoisotopic (exact) mass is 473 g/mol. The number of carboxylic acids is 1. The van der Waals surface area contributed by atoms with E-state index in [4.69, 9.17) is 0 Å². The maximum absolute atomic E-state index is 13.6. The first-order valence-electron chi connectivity index (χ1n) is 10.2. The van der Waals surface area contributed by atoms with Gasteiger partial charge in [0.1, 0.15) is 4.91 Å². The third kappa shape index (κ3) is 4.03. The predicted octanol–water partition coefficient (Wildman–Crippen LogP) is 5.56. The number of carboxylic acid groups (broad SMARTS) is 1. The van der Waals surface area contributed by atoms with E-state index in [1.807, 2.05) is 66.5 Å². The van der Waals surface area contributed by atoms with Crippen molar-refractivity contribution in [3.63, 3.8) is 0 Å². The molecule has 1 saturated heterocycles. The molecule has 0 atom stereocenters. The number of anilines is 1. The molecule has 33 heavy (non-hydrogen) atoms. The number of nitrogens with zero attached hydrogens (tertiary/aromatic N) is 3. The van der Waals surface area contributed by atoms with Crippen LogP contribution in [0.2, 0.25) is 0 Å². The van der Waals surface area contributed by atoms with Crippen LogP contribution in [0.3, 0.4) is 0 Å². The van der Waals surface area contributed by atoms with Crippen LogP contribution in [0.15, 0.2) is 98.7 Å². The quantitative estimate of drug-likeness (QED) is 0.500. The first-order chi connectivity index (χ1) is 16.0. The predicted molar refractivity (Wildman–Crippen MR) is 133 cm³/mol. The van der Waals surface area contributed by atoms with Crippen molar-refractivity contribution < 1.29 is 14.7 Å². The third-order valence-corrected chi connectivity index (χ3v) is 7.76. The molecule has 3 aromatic rings. The molecule has 0 spiro atoms. The topological polar surface area (TPSA) is 73.2 Å². The number of hydrogen-bond donors (Lipinski definition) is 1. The van der Waals surface area contributed by atoms with Crippen LogP contribution in [0.1, 0.15) is 15.9 Å². The number of amidine groups is 1. The molecule has 2 aliphatic heterocycles. The fourth-order valence-electron chi connectivity index (χ4n) is 3.68. The summed E-state index contributed by atoms with van der Waals surface area (Å²) >= 11 is 2.84. The molecule has 0 unspecified atom stereocenters. The summed E-state index contributed by atoms with van der Waals surface area (Å²) in [6, 6.07) is 24.3. The first kappa shape index (κ1) is 21.4. The van der Waals surface area contributed by atoms with Gasteiger partial charge in [-0.3, -0.25) is 9.69 Å². The highest BCUT2D eigenvalue weighted by Crippen LogP contribution is 2.50. The van der Waals surface area contributed by atoms with Crippen molar-refractivity contribution in [2.24, 2.45) is 4.99 Å². The fourth-order valence-corrected chi connectivity index (χ4v) is 6.02. The van der Waals surface area contributed by atoms with E-state index in [0.717, 1.165) is 21.2 Å². The molecule has 8 heteroatoms. The summed E-state index contributed by atoms with van der Waals surface area (Å²) < 4.78 is 0. The molecule has 0 saturated carbocycles. The summed E-state index contributed by atoms with van der Waals surface area (Å²) in [7, 11) is 1.95. The van der Waals surface area contributed by atoms with Gasteiger partial charge in [-0.15, -0.1) is 0 Å². The van der Waals surface area contributed by atoms with Gasteiger partial charge in [-0.25, -0.2) is 9.79 Å². The van der Waals surface area contributed by atoms with Crippen LogP contribution in [-0.2, 0) is 11.3 Å². The van der Waals surface area contributed by atoms with E-state index in [1.165, 1.54) is 17.8 Å². The summed E-state index contributed by atoms with van der Waals surface area (Å²) in [5.41, 5.74) is 2.43. The summed E-state index contributed by atoms with van der Waals surface area (Å²) in [6.45, 7) is 0.346. The highest BCUT2D eigenvalue weighted by Gasteiger charge is 2.39. The van der Waals surface area contributed by atoms with Gasteiger partial charge in [0.25, 0.3) is 5.91 Å². The number of aromatic carboxylic acids is 1. The standard InChI is InChI=1S/C25H19N3O3S2/c1-27-19-13-7-8-14-20(19)32-23(27)21-22(29)28(15-16-9-3-2-4-10-16)25(33-21)26-18-12-6-5-11-17(18)24(30)31/h2-14H,15H2,1H3,(H,30,31). The molecular formula is C25H19N3O3S2. The molecule has 6 nitrogen and oxygen atoms in total. The highest BCUT2D eigenvalue weighted by molar-refractivity contribution is 8.19. The number of fused-ring (bicyclic) bond motifs is 1. The molecule has 2 heterocycles. The van der Waals surface area contributed by atoms with E-state index in [1.54, 1.807) is 34.9 Å².